The molecule has 5 aromatic rings. The van der Waals surface area contributed by atoms with E-state index in [1.54, 1.807) is 23.1 Å². The van der Waals surface area contributed by atoms with E-state index in [2.05, 4.69) is 25.4 Å². The molecule has 0 aliphatic carbocycles. The maximum Gasteiger partial charge on any atom is 0.280 e. The van der Waals surface area contributed by atoms with E-state index in [4.69, 9.17) is 13.7 Å². The average Bonchev–Trinajstić information content (AvgIpc) is 3.57. The predicted molar refractivity (Wildman–Crippen MR) is 114 cm³/mol. The average molecular weight is 434 g/mol. The summed E-state index contributed by atoms with van der Waals surface area (Å²) in [7, 11) is 1.63. The Labute approximate surface area is 181 Å². The first kappa shape index (κ1) is 19.2. The second-order valence-corrected chi connectivity index (χ2v) is 7.78. The van der Waals surface area contributed by atoms with Crippen LogP contribution in [0.4, 0.5) is 0 Å². The Bertz CT molecular complexity index is 1320. The van der Waals surface area contributed by atoms with Gasteiger partial charge in [0, 0.05) is 5.56 Å². The molecule has 4 heterocycles. The van der Waals surface area contributed by atoms with Gasteiger partial charge in [-0.05, 0) is 49.6 Å². The minimum Gasteiger partial charge on any atom is -0.497 e. The van der Waals surface area contributed by atoms with Crippen molar-refractivity contribution in [2.75, 3.05) is 7.11 Å². The molecule has 0 fully saturated rings. The Hall–Kier alpha value is -3.79. The fourth-order valence-electron chi connectivity index (χ4n) is 3.11. The first-order valence-corrected chi connectivity index (χ1v) is 10.4. The summed E-state index contributed by atoms with van der Waals surface area (Å²) < 4.78 is 18.2. The summed E-state index contributed by atoms with van der Waals surface area (Å²) in [5, 5.41) is 14.5. The van der Waals surface area contributed by atoms with Crippen LogP contribution in [0.2, 0.25) is 0 Å². The minimum atomic E-state index is 0.336. The molecule has 0 saturated heterocycles. The molecule has 0 saturated carbocycles. The van der Waals surface area contributed by atoms with Crippen LogP contribution in [-0.2, 0) is 6.54 Å². The summed E-state index contributed by atoms with van der Waals surface area (Å²) in [4.78, 5) is 10.0. The zero-order chi connectivity index (χ0) is 21.4. The van der Waals surface area contributed by atoms with Gasteiger partial charge in [0.2, 0.25) is 11.7 Å². The molecule has 0 unspecified atom stereocenters. The van der Waals surface area contributed by atoms with Crippen molar-refractivity contribution in [3.05, 3.63) is 58.9 Å². The van der Waals surface area contributed by atoms with Gasteiger partial charge in [0.25, 0.3) is 5.89 Å². The molecule has 9 nitrogen and oxygen atoms in total. The standard InChI is InChI=1S/C21H18N6O3S/c1-12-18(21-23-19(25-30-21)17-5-4-10-31-17)24-26-27(12)11-16-13(2)29-20(22-16)14-6-8-15(28-3)9-7-14/h4-10H,11H2,1-3H3. The number of hydrogen-bond donors (Lipinski definition) is 0. The lowest BCUT2D eigenvalue weighted by Crippen LogP contribution is -2.05. The lowest BCUT2D eigenvalue weighted by Gasteiger charge is -2.00. The van der Waals surface area contributed by atoms with E-state index in [1.165, 1.54) is 0 Å². The van der Waals surface area contributed by atoms with Gasteiger partial charge in [0.15, 0.2) is 5.69 Å². The second kappa shape index (κ2) is 7.80. The number of ether oxygens (including phenoxy) is 1. The number of hydrogen-bond acceptors (Lipinski definition) is 9. The lowest BCUT2D eigenvalue weighted by molar-refractivity contribution is 0.415. The summed E-state index contributed by atoms with van der Waals surface area (Å²) in [6, 6.07) is 11.4. The third-order valence-corrected chi connectivity index (χ3v) is 5.75. The number of aryl methyl sites for hydroxylation is 1. The molecule has 0 N–H and O–H groups in total. The van der Waals surface area contributed by atoms with E-state index in [0.717, 1.165) is 33.3 Å². The summed E-state index contributed by atoms with van der Waals surface area (Å²) in [5.41, 5.74) is 3.00. The zero-order valence-electron chi connectivity index (χ0n) is 17.1. The number of thiophene rings is 1. The lowest BCUT2D eigenvalue weighted by atomic mass is 10.2. The molecule has 156 valence electrons. The van der Waals surface area contributed by atoms with Gasteiger partial charge in [-0.15, -0.1) is 16.4 Å². The maximum atomic E-state index is 5.87. The number of nitrogens with zero attached hydrogens (tertiary/aromatic N) is 6. The van der Waals surface area contributed by atoms with Crippen LogP contribution in [-0.4, -0.2) is 37.2 Å². The van der Waals surface area contributed by atoms with Crippen molar-refractivity contribution in [3.63, 3.8) is 0 Å². The second-order valence-electron chi connectivity index (χ2n) is 6.83. The van der Waals surface area contributed by atoms with Crippen LogP contribution < -0.4 is 4.74 Å². The zero-order valence-corrected chi connectivity index (χ0v) is 17.9. The molecule has 0 atom stereocenters. The van der Waals surface area contributed by atoms with E-state index >= 15 is 0 Å². The van der Waals surface area contributed by atoms with E-state index < -0.39 is 0 Å². The first-order chi connectivity index (χ1) is 15.1. The van der Waals surface area contributed by atoms with Gasteiger partial charge in [-0.2, -0.15) is 4.98 Å². The van der Waals surface area contributed by atoms with Crippen molar-refractivity contribution in [2.24, 2.45) is 0 Å². The summed E-state index contributed by atoms with van der Waals surface area (Å²) >= 11 is 1.55. The molecule has 5 rings (SSSR count). The molecular weight excluding hydrogens is 416 g/mol. The summed E-state index contributed by atoms with van der Waals surface area (Å²) in [5.74, 6) is 2.92. The highest BCUT2D eigenvalue weighted by Crippen LogP contribution is 2.27. The van der Waals surface area contributed by atoms with E-state index in [9.17, 15) is 0 Å². The van der Waals surface area contributed by atoms with Crippen molar-refractivity contribution in [2.45, 2.75) is 20.4 Å². The van der Waals surface area contributed by atoms with Crippen molar-refractivity contribution < 1.29 is 13.7 Å². The van der Waals surface area contributed by atoms with Crippen LogP contribution in [0.25, 0.3) is 33.7 Å². The quantitative estimate of drug-likeness (QED) is 0.388. The molecule has 10 heteroatoms. The Morgan fingerprint density at radius 1 is 1.06 bits per heavy atom. The fraction of sp³-hybridized carbons (Fsp3) is 0.190. The summed E-state index contributed by atoms with van der Waals surface area (Å²) in [6.45, 7) is 4.20. The highest BCUT2D eigenvalue weighted by atomic mass is 32.1. The van der Waals surface area contributed by atoms with Crippen molar-refractivity contribution in [1.29, 1.82) is 0 Å². The van der Waals surface area contributed by atoms with Gasteiger partial charge in [-0.1, -0.05) is 16.4 Å². The molecule has 0 radical (unpaired) electrons. The van der Waals surface area contributed by atoms with Gasteiger partial charge in [0.1, 0.15) is 17.2 Å². The molecule has 31 heavy (non-hydrogen) atoms. The monoisotopic (exact) mass is 434 g/mol. The largest absolute Gasteiger partial charge is 0.497 e. The highest BCUT2D eigenvalue weighted by Gasteiger charge is 2.20. The number of methoxy groups -OCH3 is 1. The molecule has 1 aromatic carbocycles. The van der Waals surface area contributed by atoms with Gasteiger partial charge >= 0.3 is 0 Å². The molecule has 0 amide bonds. The van der Waals surface area contributed by atoms with Crippen LogP contribution in [0.3, 0.4) is 0 Å². The van der Waals surface area contributed by atoms with Crippen LogP contribution >= 0.6 is 11.3 Å². The third kappa shape index (κ3) is 3.61. The summed E-state index contributed by atoms with van der Waals surface area (Å²) in [6.07, 6.45) is 0. The van der Waals surface area contributed by atoms with E-state index in [-0.39, 0.29) is 0 Å². The van der Waals surface area contributed by atoms with Crippen molar-refractivity contribution >= 4 is 11.3 Å². The third-order valence-electron chi connectivity index (χ3n) is 4.88. The van der Waals surface area contributed by atoms with Gasteiger partial charge < -0.3 is 13.7 Å². The topological polar surface area (TPSA) is 105 Å². The number of oxazole rings is 1. The van der Waals surface area contributed by atoms with Crippen LogP contribution in [0, 0.1) is 13.8 Å². The number of benzene rings is 1. The van der Waals surface area contributed by atoms with E-state index in [1.807, 2.05) is 55.6 Å². The van der Waals surface area contributed by atoms with Gasteiger partial charge in [-0.3, -0.25) is 0 Å². The Kier molecular flexibility index (Phi) is 4.83. The molecule has 0 spiro atoms. The SMILES string of the molecule is COc1ccc(-c2nc(Cn3nnc(-c4nc(-c5cccs5)no4)c3C)c(C)o2)cc1. The van der Waals surface area contributed by atoms with E-state index in [0.29, 0.717) is 29.8 Å². The predicted octanol–water partition coefficient (Wildman–Crippen LogP) is 4.39. The molecule has 0 aliphatic heterocycles. The van der Waals surface area contributed by atoms with Crippen LogP contribution in [0.5, 0.6) is 5.75 Å². The normalized spacial score (nSPS) is 11.2. The van der Waals surface area contributed by atoms with Crippen LogP contribution in [0.15, 0.2) is 50.7 Å². The molecule has 0 bridgehead atoms. The molecular formula is C21H18N6O3S. The van der Waals surface area contributed by atoms with Crippen molar-refractivity contribution in [1.82, 2.24) is 30.1 Å². The van der Waals surface area contributed by atoms with Crippen molar-refractivity contribution in [3.8, 4) is 39.5 Å². The maximum absolute atomic E-state index is 5.87. The molecule has 4 aromatic heterocycles. The van der Waals surface area contributed by atoms with Gasteiger partial charge in [0.05, 0.1) is 24.2 Å². The minimum absolute atomic E-state index is 0.336. The fourth-order valence-corrected chi connectivity index (χ4v) is 3.76. The Balaban J connectivity index is 1.39. The first-order valence-electron chi connectivity index (χ1n) is 9.51. The highest BCUT2D eigenvalue weighted by molar-refractivity contribution is 7.13. The smallest absolute Gasteiger partial charge is 0.280 e. The Morgan fingerprint density at radius 2 is 1.90 bits per heavy atom. The Morgan fingerprint density at radius 3 is 2.65 bits per heavy atom. The van der Waals surface area contributed by atoms with Gasteiger partial charge in [-0.25, -0.2) is 9.67 Å². The number of rotatable bonds is 6. The number of aromatic nitrogens is 6. The van der Waals surface area contributed by atoms with Crippen LogP contribution in [0.1, 0.15) is 17.1 Å². The molecule has 0 aliphatic rings.